The smallest absolute Gasteiger partial charge is 0.134 e. The highest BCUT2D eigenvalue weighted by Crippen LogP contribution is 2.25. The van der Waals surface area contributed by atoms with Crippen LogP contribution in [0.3, 0.4) is 0 Å². The highest BCUT2D eigenvalue weighted by molar-refractivity contribution is 6.32. The number of aromatic hydroxyl groups is 1. The van der Waals surface area contributed by atoms with Crippen LogP contribution in [0.1, 0.15) is 19.4 Å². The van der Waals surface area contributed by atoms with Crippen molar-refractivity contribution in [3.8, 4) is 5.75 Å². The maximum atomic E-state index is 9.53. The normalized spacial score (nSPS) is 11.7. The summed E-state index contributed by atoms with van der Waals surface area (Å²) in [6.07, 6.45) is 0.521. The Bertz CT molecular complexity index is 302. The molecule has 0 radical (unpaired) electrons. The first kappa shape index (κ1) is 10.4. The first-order valence-corrected chi connectivity index (χ1v) is 4.46. The van der Waals surface area contributed by atoms with Gasteiger partial charge in [0.1, 0.15) is 5.75 Å². The molecular formula is C10H13ClO2. The Kier molecular flexibility index (Phi) is 2.84. The zero-order chi connectivity index (χ0) is 10.1. The van der Waals surface area contributed by atoms with Crippen LogP contribution in [-0.4, -0.2) is 15.8 Å². The van der Waals surface area contributed by atoms with E-state index in [1.54, 1.807) is 26.0 Å². The van der Waals surface area contributed by atoms with Crippen LogP contribution in [0.2, 0.25) is 5.02 Å². The summed E-state index contributed by atoms with van der Waals surface area (Å²) in [5.41, 5.74) is 0.163. The molecule has 0 unspecified atom stereocenters. The molecule has 0 aliphatic carbocycles. The molecule has 0 heterocycles. The summed E-state index contributed by atoms with van der Waals surface area (Å²) in [6, 6.07) is 4.94. The predicted octanol–water partition coefficient (Wildman–Crippen LogP) is 2.36. The van der Waals surface area contributed by atoms with Crippen molar-refractivity contribution in [3.63, 3.8) is 0 Å². The summed E-state index contributed by atoms with van der Waals surface area (Å²) in [5, 5.41) is 19.0. The van der Waals surface area contributed by atoms with Crippen LogP contribution in [0.4, 0.5) is 0 Å². The van der Waals surface area contributed by atoms with Gasteiger partial charge in [0.05, 0.1) is 10.6 Å². The summed E-state index contributed by atoms with van der Waals surface area (Å²) >= 11 is 5.71. The number of halogens is 1. The predicted molar refractivity (Wildman–Crippen MR) is 53.1 cm³/mol. The minimum Gasteiger partial charge on any atom is -0.506 e. The van der Waals surface area contributed by atoms with Gasteiger partial charge in [-0.15, -0.1) is 0 Å². The lowest BCUT2D eigenvalue weighted by Crippen LogP contribution is -2.21. The highest BCUT2D eigenvalue weighted by Gasteiger charge is 2.13. The maximum Gasteiger partial charge on any atom is 0.134 e. The maximum absolute atomic E-state index is 9.53. The van der Waals surface area contributed by atoms with E-state index in [0.29, 0.717) is 11.4 Å². The molecule has 72 valence electrons. The molecule has 2 N–H and O–H groups in total. The summed E-state index contributed by atoms with van der Waals surface area (Å²) < 4.78 is 0. The Balaban J connectivity index is 2.86. The van der Waals surface area contributed by atoms with E-state index >= 15 is 0 Å². The first-order valence-electron chi connectivity index (χ1n) is 4.08. The molecule has 1 aromatic carbocycles. The minimum atomic E-state index is -0.750. The fraction of sp³-hybridized carbons (Fsp3) is 0.400. The van der Waals surface area contributed by atoms with Crippen LogP contribution >= 0.6 is 11.6 Å². The van der Waals surface area contributed by atoms with Gasteiger partial charge in [0.2, 0.25) is 0 Å². The SMILES string of the molecule is CC(C)(O)Cc1ccc(O)c(Cl)c1. The van der Waals surface area contributed by atoms with Gasteiger partial charge in [-0.3, -0.25) is 0 Å². The molecule has 1 rings (SSSR count). The molecule has 2 nitrogen and oxygen atoms in total. The van der Waals surface area contributed by atoms with Gasteiger partial charge in [-0.25, -0.2) is 0 Å². The van der Waals surface area contributed by atoms with Crippen molar-refractivity contribution in [2.45, 2.75) is 25.9 Å². The lowest BCUT2D eigenvalue weighted by Gasteiger charge is -2.17. The molecule has 0 amide bonds. The molecule has 1 aromatic rings. The molecule has 0 saturated heterocycles. The van der Waals surface area contributed by atoms with Crippen LogP contribution in [0, 0.1) is 0 Å². The van der Waals surface area contributed by atoms with E-state index in [4.69, 9.17) is 16.7 Å². The Morgan fingerprint density at radius 3 is 2.46 bits per heavy atom. The second-order valence-corrected chi connectivity index (χ2v) is 4.18. The Hall–Kier alpha value is -0.730. The van der Waals surface area contributed by atoms with Crippen molar-refractivity contribution in [1.82, 2.24) is 0 Å². The number of benzene rings is 1. The fourth-order valence-electron chi connectivity index (χ4n) is 1.16. The molecule has 3 heteroatoms. The van der Waals surface area contributed by atoms with Crippen molar-refractivity contribution >= 4 is 11.6 Å². The second kappa shape index (κ2) is 3.56. The molecular weight excluding hydrogens is 188 g/mol. The molecule has 0 atom stereocenters. The van der Waals surface area contributed by atoms with Crippen LogP contribution in [-0.2, 0) is 6.42 Å². The molecule has 13 heavy (non-hydrogen) atoms. The fourth-order valence-corrected chi connectivity index (χ4v) is 1.36. The van der Waals surface area contributed by atoms with Crippen LogP contribution in [0.25, 0.3) is 0 Å². The van der Waals surface area contributed by atoms with E-state index in [0.717, 1.165) is 5.56 Å². The topological polar surface area (TPSA) is 40.5 Å². The minimum absolute atomic E-state index is 0.0705. The van der Waals surface area contributed by atoms with Gasteiger partial charge in [-0.05, 0) is 31.5 Å². The lowest BCUT2D eigenvalue weighted by atomic mass is 9.99. The summed E-state index contributed by atoms with van der Waals surface area (Å²) in [6.45, 7) is 3.46. The van der Waals surface area contributed by atoms with Crippen molar-refractivity contribution in [2.75, 3.05) is 0 Å². The van der Waals surface area contributed by atoms with Gasteiger partial charge in [-0.1, -0.05) is 17.7 Å². The third kappa shape index (κ3) is 3.25. The van der Waals surface area contributed by atoms with E-state index in [1.807, 2.05) is 0 Å². The third-order valence-corrected chi connectivity index (χ3v) is 1.95. The van der Waals surface area contributed by atoms with Gasteiger partial charge in [-0.2, -0.15) is 0 Å². The molecule has 0 saturated carbocycles. The number of hydrogen-bond donors (Lipinski definition) is 2. The van der Waals surface area contributed by atoms with Crippen molar-refractivity contribution in [2.24, 2.45) is 0 Å². The molecule has 0 bridgehead atoms. The molecule has 0 aromatic heterocycles. The zero-order valence-corrected chi connectivity index (χ0v) is 8.47. The number of aliphatic hydroxyl groups is 1. The monoisotopic (exact) mass is 200 g/mol. The van der Waals surface area contributed by atoms with Crippen molar-refractivity contribution < 1.29 is 10.2 Å². The lowest BCUT2D eigenvalue weighted by molar-refractivity contribution is 0.0810. The van der Waals surface area contributed by atoms with Gasteiger partial charge in [0, 0.05) is 6.42 Å². The van der Waals surface area contributed by atoms with Crippen molar-refractivity contribution in [3.05, 3.63) is 28.8 Å². The summed E-state index contributed by atoms with van der Waals surface area (Å²) in [4.78, 5) is 0. The Morgan fingerprint density at radius 1 is 1.38 bits per heavy atom. The van der Waals surface area contributed by atoms with Crippen LogP contribution in [0.5, 0.6) is 5.75 Å². The number of hydrogen-bond acceptors (Lipinski definition) is 2. The standard InChI is InChI=1S/C10H13ClO2/c1-10(2,13)6-7-3-4-9(12)8(11)5-7/h3-5,12-13H,6H2,1-2H3. The molecule has 0 spiro atoms. The highest BCUT2D eigenvalue weighted by atomic mass is 35.5. The number of rotatable bonds is 2. The van der Waals surface area contributed by atoms with E-state index < -0.39 is 5.60 Å². The van der Waals surface area contributed by atoms with E-state index in [-0.39, 0.29) is 5.75 Å². The van der Waals surface area contributed by atoms with Gasteiger partial charge >= 0.3 is 0 Å². The third-order valence-electron chi connectivity index (χ3n) is 1.65. The van der Waals surface area contributed by atoms with E-state index in [9.17, 15) is 5.11 Å². The van der Waals surface area contributed by atoms with Crippen LogP contribution < -0.4 is 0 Å². The average Bonchev–Trinajstić information content (AvgIpc) is 1.94. The first-order chi connectivity index (χ1) is 5.88. The largest absolute Gasteiger partial charge is 0.506 e. The number of phenols is 1. The average molecular weight is 201 g/mol. The Labute approximate surface area is 82.8 Å². The number of phenolic OH excluding ortho intramolecular Hbond substituents is 1. The van der Waals surface area contributed by atoms with Gasteiger partial charge in [0.15, 0.2) is 0 Å². The van der Waals surface area contributed by atoms with E-state index in [1.165, 1.54) is 6.07 Å². The molecule has 0 aliphatic heterocycles. The van der Waals surface area contributed by atoms with Crippen LogP contribution in [0.15, 0.2) is 18.2 Å². The second-order valence-electron chi connectivity index (χ2n) is 3.77. The molecule has 0 aliphatic rings. The van der Waals surface area contributed by atoms with Crippen molar-refractivity contribution in [1.29, 1.82) is 0 Å². The summed E-state index contributed by atoms with van der Waals surface area (Å²) in [5.74, 6) is 0.0705. The van der Waals surface area contributed by atoms with E-state index in [2.05, 4.69) is 0 Å². The van der Waals surface area contributed by atoms with Gasteiger partial charge < -0.3 is 10.2 Å². The Morgan fingerprint density at radius 2 is 2.00 bits per heavy atom. The quantitative estimate of drug-likeness (QED) is 0.770. The zero-order valence-electron chi connectivity index (χ0n) is 7.71. The summed E-state index contributed by atoms with van der Waals surface area (Å²) in [7, 11) is 0. The molecule has 0 fully saturated rings. The van der Waals surface area contributed by atoms with Gasteiger partial charge in [0.25, 0.3) is 0 Å².